The van der Waals surface area contributed by atoms with Gasteiger partial charge in [0.2, 0.25) is 0 Å². The lowest BCUT2D eigenvalue weighted by molar-refractivity contribution is 0.0601. The van der Waals surface area contributed by atoms with E-state index in [1.54, 1.807) is 18.3 Å². The summed E-state index contributed by atoms with van der Waals surface area (Å²) in [6, 6.07) is 11.2. The van der Waals surface area contributed by atoms with E-state index in [1.165, 1.54) is 7.11 Å². The number of aryl methyl sites for hydroxylation is 1. The zero-order valence-electron chi connectivity index (χ0n) is 9.81. The minimum absolute atomic E-state index is 0.325. The van der Waals surface area contributed by atoms with Gasteiger partial charge in [-0.1, -0.05) is 18.2 Å². The van der Waals surface area contributed by atoms with Gasteiger partial charge >= 0.3 is 5.97 Å². The first-order valence-electron chi connectivity index (χ1n) is 5.33. The predicted octanol–water partition coefficient (Wildman–Crippen LogP) is 2.84. The summed E-state index contributed by atoms with van der Waals surface area (Å²) in [6.07, 6.45) is 1.76. The fraction of sp³-hybridized carbons (Fsp3) is 0.143. The fourth-order valence-electron chi connectivity index (χ4n) is 1.67. The highest BCUT2D eigenvalue weighted by Gasteiger charge is 2.06. The molecule has 0 saturated carbocycles. The van der Waals surface area contributed by atoms with Crippen LogP contribution in [0.15, 0.2) is 42.6 Å². The molecule has 0 aliphatic rings. The number of benzene rings is 1. The summed E-state index contributed by atoms with van der Waals surface area (Å²) >= 11 is 0. The van der Waals surface area contributed by atoms with E-state index >= 15 is 0 Å². The van der Waals surface area contributed by atoms with Gasteiger partial charge < -0.3 is 4.74 Å². The van der Waals surface area contributed by atoms with Crippen LogP contribution in [0.3, 0.4) is 0 Å². The third-order valence-corrected chi connectivity index (χ3v) is 2.59. The molecule has 0 fully saturated rings. The van der Waals surface area contributed by atoms with Gasteiger partial charge in [-0.15, -0.1) is 0 Å². The average molecular weight is 227 g/mol. The van der Waals surface area contributed by atoms with Gasteiger partial charge in [-0.05, 0) is 30.7 Å². The molecule has 0 aliphatic heterocycles. The van der Waals surface area contributed by atoms with Crippen LogP contribution in [0.2, 0.25) is 0 Å². The first-order chi connectivity index (χ1) is 8.22. The normalized spacial score (nSPS) is 10.0. The summed E-state index contributed by atoms with van der Waals surface area (Å²) in [4.78, 5) is 15.6. The monoisotopic (exact) mass is 227 g/mol. The van der Waals surface area contributed by atoms with Crippen LogP contribution in [-0.2, 0) is 4.74 Å². The Morgan fingerprint density at radius 1 is 1.18 bits per heavy atom. The second kappa shape index (κ2) is 4.78. The van der Waals surface area contributed by atoms with E-state index in [-0.39, 0.29) is 5.97 Å². The maximum absolute atomic E-state index is 11.3. The van der Waals surface area contributed by atoms with Gasteiger partial charge in [0.25, 0.3) is 0 Å². The number of rotatable bonds is 2. The lowest BCUT2D eigenvalue weighted by Crippen LogP contribution is -2.00. The molecule has 1 aromatic carbocycles. The van der Waals surface area contributed by atoms with Crippen molar-refractivity contribution < 1.29 is 9.53 Å². The van der Waals surface area contributed by atoms with Gasteiger partial charge in [0, 0.05) is 11.8 Å². The second-order valence-electron chi connectivity index (χ2n) is 3.74. The van der Waals surface area contributed by atoms with Crippen molar-refractivity contribution in [3.63, 3.8) is 0 Å². The Kier molecular flexibility index (Phi) is 3.19. The van der Waals surface area contributed by atoms with Crippen LogP contribution >= 0.6 is 0 Å². The SMILES string of the molecule is COC(=O)c1ccc(-c2ncccc2C)cc1. The molecule has 0 N–H and O–H groups in total. The third kappa shape index (κ3) is 2.33. The highest BCUT2D eigenvalue weighted by atomic mass is 16.5. The molecule has 0 aliphatic carbocycles. The number of aromatic nitrogens is 1. The molecule has 0 amide bonds. The van der Waals surface area contributed by atoms with Gasteiger partial charge in [0.15, 0.2) is 0 Å². The Labute approximate surface area is 100 Å². The van der Waals surface area contributed by atoms with Crippen molar-refractivity contribution in [1.29, 1.82) is 0 Å². The summed E-state index contributed by atoms with van der Waals surface area (Å²) in [5.74, 6) is -0.325. The summed E-state index contributed by atoms with van der Waals surface area (Å²) in [5, 5.41) is 0. The molecular weight excluding hydrogens is 214 g/mol. The summed E-state index contributed by atoms with van der Waals surface area (Å²) in [5.41, 5.74) is 3.59. The smallest absolute Gasteiger partial charge is 0.337 e. The first kappa shape index (κ1) is 11.3. The standard InChI is InChI=1S/C14H13NO2/c1-10-4-3-9-15-13(10)11-5-7-12(8-6-11)14(16)17-2/h3-9H,1-2H3. The Hall–Kier alpha value is -2.16. The molecule has 17 heavy (non-hydrogen) atoms. The van der Waals surface area contributed by atoms with Crippen molar-refractivity contribution in [1.82, 2.24) is 4.98 Å². The number of esters is 1. The minimum atomic E-state index is -0.325. The van der Waals surface area contributed by atoms with Crippen molar-refractivity contribution in [3.05, 3.63) is 53.7 Å². The number of methoxy groups -OCH3 is 1. The predicted molar refractivity (Wildman–Crippen MR) is 65.7 cm³/mol. The molecular formula is C14H13NO2. The van der Waals surface area contributed by atoms with Crippen molar-refractivity contribution >= 4 is 5.97 Å². The molecule has 0 bridgehead atoms. The molecule has 0 unspecified atom stereocenters. The van der Waals surface area contributed by atoms with Gasteiger partial charge in [-0.3, -0.25) is 4.98 Å². The van der Waals surface area contributed by atoms with Crippen LogP contribution in [0.5, 0.6) is 0 Å². The maximum atomic E-state index is 11.3. The lowest BCUT2D eigenvalue weighted by atomic mass is 10.1. The van der Waals surface area contributed by atoms with Gasteiger partial charge in [-0.2, -0.15) is 0 Å². The largest absolute Gasteiger partial charge is 0.465 e. The van der Waals surface area contributed by atoms with Crippen molar-refractivity contribution in [2.45, 2.75) is 6.92 Å². The summed E-state index contributed by atoms with van der Waals surface area (Å²) in [6.45, 7) is 2.01. The molecule has 2 rings (SSSR count). The maximum Gasteiger partial charge on any atom is 0.337 e. The van der Waals surface area contributed by atoms with E-state index in [4.69, 9.17) is 0 Å². The van der Waals surface area contributed by atoms with Crippen LogP contribution < -0.4 is 0 Å². The van der Waals surface area contributed by atoms with Gasteiger partial charge in [0.05, 0.1) is 18.4 Å². The van der Waals surface area contributed by atoms with Crippen LogP contribution in [-0.4, -0.2) is 18.1 Å². The first-order valence-corrected chi connectivity index (χ1v) is 5.33. The fourth-order valence-corrected chi connectivity index (χ4v) is 1.67. The number of carbonyl (C=O) groups is 1. The van der Waals surface area contributed by atoms with Crippen molar-refractivity contribution in [2.75, 3.05) is 7.11 Å². The van der Waals surface area contributed by atoms with Crippen molar-refractivity contribution in [3.8, 4) is 11.3 Å². The second-order valence-corrected chi connectivity index (χ2v) is 3.74. The average Bonchev–Trinajstić information content (AvgIpc) is 2.39. The van der Waals surface area contributed by atoms with Crippen LogP contribution in [0.25, 0.3) is 11.3 Å². The van der Waals surface area contributed by atoms with E-state index in [0.29, 0.717) is 5.56 Å². The van der Waals surface area contributed by atoms with E-state index in [9.17, 15) is 4.79 Å². The van der Waals surface area contributed by atoms with Crippen molar-refractivity contribution in [2.24, 2.45) is 0 Å². The summed E-state index contributed by atoms with van der Waals surface area (Å²) < 4.78 is 4.65. The van der Waals surface area contributed by atoms with E-state index in [0.717, 1.165) is 16.8 Å². The van der Waals surface area contributed by atoms with E-state index in [2.05, 4.69) is 9.72 Å². The molecule has 0 atom stereocenters. The third-order valence-electron chi connectivity index (χ3n) is 2.59. The van der Waals surface area contributed by atoms with Gasteiger partial charge in [0.1, 0.15) is 0 Å². The molecule has 0 spiro atoms. The number of hydrogen-bond acceptors (Lipinski definition) is 3. The molecule has 86 valence electrons. The minimum Gasteiger partial charge on any atom is -0.465 e. The lowest BCUT2D eigenvalue weighted by Gasteiger charge is -2.05. The number of pyridine rings is 1. The Morgan fingerprint density at radius 2 is 1.88 bits per heavy atom. The quantitative estimate of drug-likeness (QED) is 0.740. The zero-order chi connectivity index (χ0) is 12.3. The van der Waals surface area contributed by atoms with Crippen LogP contribution in [0.4, 0.5) is 0 Å². The molecule has 1 aromatic heterocycles. The Morgan fingerprint density at radius 3 is 2.47 bits per heavy atom. The molecule has 3 heteroatoms. The van der Waals surface area contributed by atoms with E-state index < -0.39 is 0 Å². The highest BCUT2D eigenvalue weighted by molar-refractivity contribution is 5.89. The number of nitrogens with zero attached hydrogens (tertiary/aromatic N) is 1. The van der Waals surface area contributed by atoms with Crippen LogP contribution in [0.1, 0.15) is 15.9 Å². The zero-order valence-corrected chi connectivity index (χ0v) is 9.81. The molecule has 2 aromatic rings. The molecule has 1 heterocycles. The van der Waals surface area contributed by atoms with E-state index in [1.807, 2.05) is 31.2 Å². The number of hydrogen-bond donors (Lipinski definition) is 0. The molecule has 0 radical (unpaired) electrons. The number of ether oxygens (including phenoxy) is 1. The molecule has 3 nitrogen and oxygen atoms in total. The Balaban J connectivity index is 2.36. The number of carbonyl (C=O) groups excluding carboxylic acids is 1. The highest BCUT2D eigenvalue weighted by Crippen LogP contribution is 2.20. The van der Waals surface area contributed by atoms with Crippen LogP contribution in [0, 0.1) is 6.92 Å². The topological polar surface area (TPSA) is 39.2 Å². The van der Waals surface area contributed by atoms with Gasteiger partial charge in [-0.25, -0.2) is 4.79 Å². The molecule has 0 saturated heterocycles. The summed E-state index contributed by atoms with van der Waals surface area (Å²) in [7, 11) is 1.37. The Bertz CT molecular complexity index is 532.